The molecule has 0 spiro atoms. The Morgan fingerprint density at radius 1 is 1.26 bits per heavy atom. The predicted octanol–water partition coefficient (Wildman–Crippen LogP) is 5.90. The van der Waals surface area contributed by atoms with E-state index in [4.69, 9.17) is 23.2 Å². The number of alkyl halides is 1. The lowest BCUT2D eigenvalue weighted by Gasteiger charge is -2.43. The van der Waals surface area contributed by atoms with E-state index in [1.807, 2.05) is 19.9 Å². The van der Waals surface area contributed by atoms with Crippen LogP contribution in [-0.4, -0.2) is 35.8 Å². The van der Waals surface area contributed by atoms with E-state index in [-0.39, 0.29) is 18.7 Å². The quantitative estimate of drug-likeness (QED) is 0.502. The summed E-state index contributed by atoms with van der Waals surface area (Å²) in [6.07, 6.45) is 1.38. The maximum Gasteiger partial charge on any atom is 0.159 e. The fourth-order valence-electron chi connectivity index (χ4n) is 4.20. The van der Waals surface area contributed by atoms with Gasteiger partial charge in [0.1, 0.15) is 11.8 Å². The Labute approximate surface area is 193 Å². The number of Topliss-reactive ketones (excluding diaryl/α,β-unsaturated/α-hetero) is 1. The first-order chi connectivity index (χ1) is 14.8. The van der Waals surface area contributed by atoms with Gasteiger partial charge in [-0.05, 0) is 73.3 Å². The standard InChI is InChI=1S/C25H28Cl2FNO2/c1-3-4-22(30)21(14-18-13-20(27)8-5-16(18)2)24(17-6-9-19(26)10-7-17)25(31)11-12-29-15-23(25)28/h5-10,13-14,23-24,29,31H,3-4,11-12,15H2,1-2H3. The maximum absolute atomic E-state index is 15.2. The lowest BCUT2D eigenvalue weighted by atomic mass is 9.69. The van der Waals surface area contributed by atoms with E-state index in [1.54, 1.807) is 42.5 Å². The molecule has 0 aromatic heterocycles. The first kappa shape index (κ1) is 23.9. The van der Waals surface area contributed by atoms with Crippen LogP contribution in [0.4, 0.5) is 4.39 Å². The van der Waals surface area contributed by atoms with E-state index in [2.05, 4.69) is 5.32 Å². The molecule has 3 rings (SSSR count). The number of benzene rings is 2. The molecule has 1 fully saturated rings. The Hall–Kier alpha value is -1.72. The molecule has 1 aliphatic rings. The second kappa shape index (κ2) is 10.3. The summed E-state index contributed by atoms with van der Waals surface area (Å²) in [5.41, 5.74) is 1.04. The van der Waals surface area contributed by atoms with Crippen molar-refractivity contribution in [2.75, 3.05) is 13.1 Å². The number of aliphatic hydroxyl groups is 1. The third kappa shape index (κ3) is 5.38. The largest absolute Gasteiger partial charge is 0.386 e. The van der Waals surface area contributed by atoms with Crippen molar-refractivity contribution in [1.29, 1.82) is 0 Å². The summed E-state index contributed by atoms with van der Waals surface area (Å²) in [4.78, 5) is 13.3. The van der Waals surface area contributed by atoms with Gasteiger partial charge < -0.3 is 10.4 Å². The van der Waals surface area contributed by atoms with Gasteiger partial charge in [-0.15, -0.1) is 0 Å². The van der Waals surface area contributed by atoms with Gasteiger partial charge in [-0.2, -0.15) is 0 Å². The molecule has 166 valence electrons. The van der Waals surface area contributed by atoms with Crippen LogP contribution < -0.4 is 5.32 Å². The number of piperidine rings is 1. The lowest BCUT2D eigenvalue weighted by molar-refractivity contribution is -0.118. The van der Waals surface area contributed by atoms with Crippen LogP contribution in [0, 0.1) is 6.92 Å². The number of carbonyl (C=O) groups excluding carboxylic acids is 1. The van der Waals surface area contributed by atoms with Crippen LogP contribution in [0.1, 0.15) is 48.8 Å². The molecule has 1 aliphatic heterocycles. The third-order valence-corrected chi connectivity index (χ3v) is 6.42. The average Bonchev–Trinajstić information content (AvgIpc) is 2.74. The molecule has 1 heterocycles. The van der Waals surface area contributed by atoms with E-state index in [9.17, 15) is 9.90 Å². The normalized spacial score (nSPS) is 22.9. The molecule has 0 saturated carbocycles. The highest BCUT2D eigenvalue weighted by molar-refractivity contribution is 6.31. The molecule has 0 aliphatic carbocycles. The highest BCUT2D eigenvalue weighted by Gasteiger charge is 2.49. The van der Waals surface area contributed by atoms with Gasteiger partial charge >= 0.3 is 0 Å². The summed E-state index contributed by atoms with van der Waals surface area (Å²) in [7, 11) is 0. The van der Waals surface area contributed by atoms with E-state index < -0.39 is 17.7 Å². The Bertz CT molecular complexity index is 960. The molecule has 2 aromatic rings. The number of rotatable bonds is 7. The summed E-state index contributed by atoms with van der Waals surface area (Å²) in [5, 5.41) is 15.7. The van der Waals surface area contributed by atoms with Gasteiger partial charge in [0.25, 0.3) is 0 Å². The van der Waals surface area contributed by atoms with Crippen LogP contribution in [0.3, 0.4) is 0 Å². The van der Waals surface area contributed by atoms with Gasteiger partial charge in [-0.3, -0.25) is 4.79 Å². The molecule has 0 bridgehead atoms. The van der Waals surface area contributed by atoms with Gasteiger partial charge in [0.05, 0.1) is 0 Å². The first-order valence-corrected chi connectivity index (χ1v) is 11.4. The average molecular weight is 464 g/mol. The van der Waals surface area contributed by atoms with Gasteiger partial charge in [-0.25, -0.2) is 4.39 Å². The Morgan fingerprint density at radius 3 is 2.58 bits per heavy atom. The van der Waals surface area contributed by atoms with Gasteiger partial charge in [0, 0.05) is 34.5 Å². The van der Waals surface area contributed by atoms with Crippen molar-refractivity contribution >= 4 is 35.1 Å². The van der Waals surface area contributed by atoms with Gasteiger partial charge in [-0.1, -0.05) is 48.3 Å². The third-order valence-electron chi connectivity index (χ3n) is 5.93. The minimum atomic E-state index is -1.72. The highest BCUT2D eigenvalue weighted by atomic mass is 35.5. The van der Waals surface area contributed by atoms with Crippen molar-refractivity contribution in [3.05, 3.63) is 74.8 Å². The van der Waals surface area contributed by atoms with E-state index in [0.29, 0.717) is 40.6 Å². The second-order valence-electron chi connectivity index (χ2n) is 8.17. The molecule has 0 amide bonds. The number of hydrogen-bond acceptors (Lipinski definition) is 3. The first-order valence-electron chi connectivity index (χ1n) is 10.6. The minimum Gasteiger partial charge on any atom is -0.386 e. The van der Waals surface area contributed by atoms with Crippen molar-refractivity contribution in [1.82, 2.24) is 5.32 Å². The molecular weight excluding hydrogens is 436 g/mol. The van der Waals surface area contributed by atoms with Crippen LogP contribution in [0.15, 0.2) is 48.0 Å². The van der Waals surface area contributed by atoms with Crippen LogP contribution in [0.2, 0.25) is 10.0 Å². The number of ketones is 1. The topological polar surface area (TPSA) is 49.3 Å². The number of carbonyl (C=O) groups is 1. The fraction of sp³-hybridized carbons (Fsp3) is 0.400. The van der Waals surface area contributed by atoms with Crippen molar-refractivity contribution < 1.29 is 14.3 Å². The Kier molecular flexibility index (Phi) is 7.92. The molecule has 0 radical (unpaired) electrons. The molecule has 3 nitrogen and oxygen atoms in total. The summed E-state index contributed by atoms with van der Waals surface area (Å²) >= 11 is 12.3. The van der Waals surface area contributed by atoms with Crippen molar-refractivity contribution in [2.45, 2.75) is 50.8 Å². The minimum absolute atomic E-state index is 0.0338. The Balaban J connectivity index is 2.24. The van der Waals surface area contributed by atoms with Gasteiger partial charge in [0.15, 0.2) is 5.78 Å². The van der Waals surface area contributed by atoms with Crippen molar-refractivity contribution in [2.24, 2.45) is 0 Å². The van der Waals surface area contributed by atoms with Crippen LogP contribution in [0.5, 0.6) is 0 Å². The van der Waals surface area contributed by atoms with Crippen molar-refractivity contribution in [3.63, 3.8) is 0 Å². The lowest BCUT2D eigenvalue weighted by Crippen LogP contribution is -2.56. The zero-order valence-electron chi connectivity index (χ0n) is 17.8. The van der Waals surface area contributed by atoms with Gasteiger partial charge in [0.2, 0.25) is 0 Å². The zero-order valence-corrected chi connectivity index (χ0v) is 19.3. The van der Waals surface area contributed by atoms with E-state index in [1.165, 1.54) is 0 Å². The predicted molar refractivity (Wildman–Crippen MR) is 126 cm³/mol. The summed E-state index contributed by atoms with van der Waals surface area (Å²) < 4.78 is 15.2. The highest BCUT2D eigenvalue weighted by Crippen LogP contribution is 2.43. The molecule has 3 unspecified atom stereocenters. The molecule has 2 N–H and O–H groups in total. The smallest absolute Gasteiger partial charge is 0.159 e. The fourth-order valence-corrected chi connectivity index (χ4v) is 4.51. The number of aryl methyl sites for hydroxylation is 1. The molecule has 2 aromatic carbocycles. The second-order valence-corrected chi connectivity index (χ2v) is 9.04. The van der Waals surface area contributed by atoms with E-state index in [0.717, 1.165) is 11.1 Å². The Morgan fingerprint density at radius 2 is 1.94 bits per heavy atom. The number of nitrogens with one attached hydrogen (secondary N) is 1. The van der Waals surface area contributed by atoms with Crippen LogP contribution >= 0.6 is 23.2 Å². The molecule has 1 saturated heterocycles. The van der Waals surface area contributed by atoms with E-state index >= 15 is 4.39 Å². The molecule has 31 heavy (non-hydrogen) atoms. The van der Waals surface area contributed by atoms with Crippen LogP contribution in [-0.2, 0) is 4.79 Å². The number of halogens is 3. The summed E-state index contributed by atoms with van der Waals surface area (Å²) in [6, 6.07) is 12.4. The maximum atomic E-state index is 15.2. The van der Waals surface area contributed by atoms with Crippen LogP contribution in [0.25, 0.3) is 6.08 Å². The SMILES string of the molecule is CCCC(=O)C(=Cc1cc(Cl)ccc1C)C(c1ccc(Cl)cc1)C1(O)CCNCC1F. The summed E-state index contributed by atoms with van der Waals surface area (Å²) in [6.45, 7) is 4.35. The summed E-state index contributed by atoms with van der Waals surface area (Å²) in [5.74, 6) is -0.944. The zero-order chi connectivity index (χ0) is 22.6. The van der Waals surface area contributed by atoms with Crippen molar-refractivity contribution in [3.8, 4) is 0 Å². The monoisotopic (exact) mass is 463 g/mol. The molecule has 3 atom stereocenters. The molecule has 6 heteroatoms. The molecular formula is C25H28Cl2FNO2. The number of hydrogen-bond donors (Lipinski definition) is 2.